The number of aliphatic hydroxyl groups is 1. The van der Waals surface area contributed by atoms with Crippen molar-refractivity contribution in [3.8, 4) is 16.9 Å². The second kappa shape index (κ2) is 8.56. The number of aliphatic hydroxyl groups excluding tert-OH is 1. The molecule has 1 atom stereocenters. The van der Waals surface area contributed by atoms with Crippen LogP contribution in [0.5, 0.6) is 5.75 Å². The number of benzene rings is 3. The van der Waals surface area contributed by atoms with Gasteiger partial charge >= 0.3 is 5.97 Å². The molecule has 1 aliphatic carbocycles. The predicted molar refractivity (Wildman–Crippen MR) is 116 cm³/mol. The zero-order valence-corrected chi connectivity index (χ0v) is 17.0. The smallest absolute Gasteiger partial charge is 0.334 e. The molecule has 0 heterocycles. The lowest BCUT2D eigenvalue weighted by atomic mass is 10.1. The lowest BCUT2D eigenvalue weighted by Gasteiger charge is -2.18. The first kappa shape index (κ1) is 19.9. The molecule has 4 heteroatoms. The fraction of sp³-hybridized carbons (Fsp3) is 0.192. The van der Waals surface area contributed by atoms with Gasteiger partial charge in [-0.3, -0.25) is 0 Å². The largest absolute Gasteiger partial charge is 0.491 e. The molecule has 0 bridgehead atoms. The first-order chi connectivity index (χ1) is 14.6. The normalized spacial score (nSPS) is 14.4. The number of fused-ring (bicyclic) bond motifs is 3. The van der Waals surface area contributed by atoms with Crippen LogP contribution in [-0.2, 0) is 9.53 Å². The highest BCUT2D eigenvalue weighted by Gasteiger charge is 2.31. The number of hydrogen-bond acceptors (Lipinski definition) is 4. The van der Waals surface area contributed by atoms with E-state index in [1.165, 1.54) is 0 Å². The minimum absolute atomic E-state index is 0.0650. The molecular weight excluding hydrogens is 376 g/mol. The van der Waals surface area contributed by atoms with Crippen molar-refractivity contribution >= 4 is 5.97 Å². The highest BCUT2D eigenvalue weighted by atomic mass is 16.5. The highest BCUT2D eigenvalue weighted by molar-refractivity contribution is 5.90. The average molecular weight is 400 g/mol. The first-order valence-electron chi connectivity index (χ1n) is 9.98. The lowest BCUT2D eigenvalue weighted by Crippen LogP contribution is -2.22. The van der Waals surface area contributed by atoms with Gasteiger partial charge in [-0.25, -0.2) is 4.79 Å². The van der Waals surface area contributed by atoms with E-state index in [0.29, 0.717) is 16.9 Å². The van der Waals surface area contributed by atoms with Gasteiger partial charge in [-0.15, -0.1) is 0 Å². The number of ether oxygens (including phenoxy) is 2. The maximum atomic E-state index is 12.9. The maximum Gasteiger partial charge on any atom is 0.334 e. The molecule has 0 spiro atoms. The summed E-state index contributed by atoms with van der Waals surface area (Å²) in [5, 5.41) is 10.5. The third kappa shape index (κ3) is 3.87. The standard InChI is InChI=1S/C26H24O4/c1-17(24(27)16-29-19-10-4-3-5-11-19)18(2)26(28)30-25-22-14-8-6-12-20(22)21-13-7-9-15-23(21)25/h3-15,24-25,27H,16H2,1-2H3. The van der Waals surface area contributed by atoms with Gasteiger partial charge in [-0.1, -0.05) is 66.7 Å². The molecule has 0 aromatic heterocycles. The molecule has 0 radical (unpaired) electrons. The van der Waals surface area contributed by atoms with Crippen LogP contribution in [0.1, 0.15) is 31.1 Å². The Hall–Kier alpha value is -3.37. The summed E-state index contributed by atoms with van der Waals surface area (Å²) in [5.74, 6) is 0.228. The van der Waals surface area contributed by atoms with Gasteiger partial charge in [-0.05, 0) is 42.7 Å². The summed E-state index contributed by atoms with van der Waals surface area (Å²) < 4.78 is 11.5. The zero-order chi connectivity index (χ0) is 21.1. The Kier molecular flexibility index (Phi) is 5.68. The van der Waals surface area contributed by atoms with E-state index in [-0.39, 0.29) is 6.61 Å². The van der Waals surface area contributed by atoms with Crippen molar-refractivity contribution in [1.82, 2.24) is 0 Å². The van der Waals surface area contributed by atoms with Crippen molar-refractivity contribution in [3.63, 3.8) is 0 Å². The van der Waals surface area contributed by atoms with Crippen LogP contribution >= 0.6 is 0 Å². The van der Waals surface area contributed by atoms with E-state index in [1.54, 1.807) is 13.8 Å². The van der Waals surface area contributed by atoms with Gasteiger partial charge in [0.1, 0.15) is 18.5 Å². The second-order valence-electron chi connectivity index (χ2n) is 7.41. The Bertz CT molecular complexity index is 1040. The summed E-state index contributed by atoms with van der Waals surface area (Å²) in [6.45, 7) is 3.47. The molecule has 30 heavy (non-hydrogen) atoms. The molecule has 1 aliphatic rings. The number of rotatable bonds is 6. The Morgan fingerprint density at radius 2 is 1.40 bits per heavy atom. The highest BCUT2D eigenvalue weighted by Crippen LogP contribution is 2.45. The second-order valence-corrected chi connectivity index (χ2v) is 7.41. The van der Waals surface area contributed by atoms with E-state index < -0.39 is 18.2 Å². The monoisotopic (exact) mass is 400 g/mol. The molecule has 0 saturated heterocycles. The molecule has 1 N–H and O–H groups in total. The van der Waals surface area contributed by atoms with Crippen LogP contribution in [0.25, 0.3) is 11.1 Å². The minimum atomic E-state index is -0.902. The summed E-state index contributed by atoms with van der Waals surface area (Å²) in [7, 11) is 0. The third-order valence-corrected chi connectivity index (χ3v) is 5.55. The van der Waals surface area contributed by atoms with Gasteiger partial charge in [0.25, 0.3) is 0 Å². The maximum absolute atomic E-state index is 12.9. The van der Waals surface area contributed by atoms with Crippen LogP contribution in [0.15, 0.2) is 90.0 Å². The van der Waals surface area contributed by atoms with Crippen molar-refractivity contribution in [2.24, 2.45) is 0 Å². The topological polar surface area (TPSA) is 55.8 Å². The number of hydrogen-bond donors (Lipinski definition) is 1. The molecule has 0 amide bonds. The van der Waals surface area contributed by atoms with E-state index in [0.717, 1.165) is 22.3 Å². The summed E-state index contributed by atoms with van der Waals surface area (Å²) >= 11 is 0. The fourth-order valence-electron chi connectivity index (χ4n) is 3.66. The van der Waals surface area contributed by atoms with Gasteiger partial charge < -0.3 is 14.6 Å². The molecular formula is C26H24O4. The van der Waals surface area contributed by atoms with Crippen LogP contribution in [0.2, 0.25) is 0 Å². The fourth-order valence-corrected chi connectivity index (χ4v) is 3.66. The lowest BCUT2D eigenvalue weighted by molar-refractivity contribution is -0.142. The Morgan fingerprint density at radius 1 is 0.867 bits per heavy atom. The summed E-state index contributed by atoms with van der Waals surface area (Å²) in [4.78, 5) is 12.9. The minimum Gasteiger partial charge on any atom is -0.491 e. The first-order valence-corrected chi connectivity index (χ1v) is 9.98. The van der Waals surface area contributed by atoms with E-state index in [1.807, 2.05) is 78.9 Å². The quantitative estimate of drug-likeness (QED) is 0.463. The number of carbonyl (C=O) groups excluding carboxylic acids is 1. The average Bonchev–Trinajstić information content (AvgIpc) is 3.11. The molecule has 3 aromatic carbocycles. The van der Waals surface area contributed by atoms with Crippen LogP contribution in [-0.4, -0.2) is 23.8 Å². The Morgan fingerprint density at radius 3 is 2.00 bits per heavy atom. The Balaban J connectivity index is 1.50. The van der Waals surface area contributed by atoms with E-state index >= 15 is 0 Å². The van der Waals surface area contributed by atoms with Crippen molar-refractivity contribution in [2.45, 2.75) is 26.1 Å². The number of para-hydroxylation sites is 1. The predicted octanol–water partition coefficient (Wildman–Crippen LogP) is 5.08. The number of carbonyl (C=O) groups is 1. The summed E-state index contributed by atoms with van der Waals surface area (Å²) in [5.41, 5.74) is 5.05. The summed E-state index contributed by atoms with van der Waals surface area (Å²) in [6, 6.07) is 25.2. The van der Waals surface area contributed by atoms with Crippen LogP contribution in [0.3, 0.4) is 0 Å². The van der Waals surface area contributed by atoms with Crippen molar-refractivity contribution in [1.29, 1.82) is 0 Å². The van der Waals surface area contributed by atoms with Gasteiger partial charge in [0.2, 0.25) is 0 Å². The van der Waals surface area contributed by atoms with E-state index in [2.05, 4.69) is 0 Å². The molecule has 0 fully saturated rings. The SMILES string of the molecule is CC(C(=O)OC1c2ccccc2-c2ccccc21)=C(C)C(O)COc1ccccc1. The van der Waals surface area contributed by atoms with Crippen molar-refractivity contribution in [2.75, 3.05) is 6.61 Å². The molecule has 0 saturated carbocycles. The van der Waals surface area contributed by atoms with Crippen molar-refractivity contribution < 1.29 is 19.4 Å². The van der Waals surface area contributed by atoms with Gasteiger partial charge in [0, 0.05) is 16.7 Å². The molecule has 3 aromatic rings. The molecule has 0 aliphatic heterocycles. The third-order valence-electron chi connectivity index (χ3n) is 5.55. The van der Waals surface area contributed by atoms with Crippen molar-refractivity contribution in [3.05, 3.63) is 101 Å². The zero-order valence-electron chi connectivity index (χ0n) is 17.0. The van der Waals surface area contributed by atoms with Gasteiger partial charge in [0.05, 0.1) is 0 Å². The van der Waals surface area contributed by atoms with Gasteiger partial charge in [0.15, 0.2) is 6.10 Å². The molecule has 152 valence electrons. The van der Waals surface area contributed by atoms with Crippen LogP contribution in [0, 0.1) is 0 Å². The van der Waals surface area contributed by atoms with E-state index in [4.69, 9.17) is 9.47 Å². The summed E-state index contributed by atoms with van der Waals surface area (Å²) in [6.07, 6.45) is -1.36. The molecule has 4 nitrogen and oxygen atoms in total. The Labute approximate surface area is 176 Å². The van der Waals surface area contributed by atoms with E-state index in [9.17, 15) is 9.90 Å². The van der Waals surface area contributed by atoms with Crippen LogP contribution < -0.4 is 4.74 Å². The van der Waals surface area contributed by atoms with Crippen LogP contribution in [0.4, 0.5) is 0 Å². The molecule has 1 unspecified atom stereocenters. The van der Waals surface area contributed by atoms with Gasteiger partial charge in [-0.2, -0.15) is 0 Å². The number of esters is 1. The molecule has 4 rings (SSSR count).